The molecule has 0 atom stereocenters. The third kappa shape index (κ3) is 9.00. The van der Waals surface area contributed by atoms with Crippen molar-refractivity contribution in [3.63, 3.8) is 0 Å². The van der Waals surface area contributed by atoms with Gasteiger partial charge in [-0.15, -0.1) is 0 Å². The van der Waals surface area contributed by atoms with Crippen LogP contribution in [0.3, 0.4) is 0 Å². The number of benzene rings is 1. The highest BCUT2D eigenvalue weighted by atomic mass is 28.4. The van der Waals surface area contributed by atoms with Gasteiger partial charge in [0, 0.05) is 25.0 Å². The molecule has 0 radical (unpaired) electrons. The molecule has 0 amide bonds. The smallest absolute Gasteiger partial charge is 0.369 e. The summed E-state index contributed by atoms with van der Waals surface area (Å²) in [5, 5.41) is 1.03. The lowest BCUT2D eigenvalue weighted by Gasteiger charge is -2.36. The molecule has 0 aliphatic rings. The van der Waals surface area contributed by atoms with Crippen molar-refractivity contribution < 1.29 is 13.3 Å². The van der Waals surface area contributed by atoms with Gasteiger partial charge in [0.1, 0.15) is 0 Å². The lowest BCUT2D eigenvalue weighted by atomic mass is 9.99. The Kier molecular flexibility index (Phi) is 7.46. The quantitative estimate of drug-likeness (QED) is 0.634. The first kappa shape index (κ1) is 22.4. The Bertz CT molecular complexity index is 461. The second-order valence-corrected chi connectivity index (χ2v) is 13.0. The molecule has 0 aromatic heterocycles. The first-order valence-electron chi connectivity index (χ1n) is 9.20. The molecule has 0 aliphatic carbocycles. The van der Waals surface area contributed by atoms with Gasteiger partial charge in [0.15, 0.2) is 0 Å². The average Bonchev–Trinajstić information content (AvgIpc) is 2.45. The molecule has 1 rings (SSSR count). The third-order valence-corrected chi connectivity index (χ3v) is 5.83. The lowest BCUT2D eigenvalue weighted by Crippen LogP contribution is -2.59. The molecule has 0 fully saturated rings. The Morgan fingerprint density at radius 3 is 1.20 bits per heavy atom. The summed E-state index contributed by atoms with van der Waals surface area (Å²) in [7, 11) is -3.00. The molecular formula is C21H38O3Si. The van der Waals surface area contributed by atoms with Crippen LogP contribution < -0.4 is 5.19 Å². The summed E-state index contributed by atoms with van der Waals surface area (Å²) in [4.78, 5) is 0. The second-order valence-electron chi connectivity index (χ2n) is 10.5. The molecule has 0 unspecified atom stereocenters. The van der Waals surface area contributed by atoms with Gasteiger partial charge in [0.25, 0.3) is 0 Å². The van der Waals surface area contributed by atoms with E-state index in [9.17, 15) is 0 Å². The van der Waals surface area contributed by atoms with E-state index in [4.69, 9.17) is 13.3 Å². The van der Waals surface area contributed by atoms with Crippen LogP contribution in [0, 0.1) is 16.2 Å². The van der Waals surface area contributed by atoms with Gasteiger partial charge in [-0.05, 0) is 16.2 Å². The third-order valence-electron chi connectivity index (χ3n) is 3.21. The van der Waals surface area contributed by atoms with E-state index in [0.717, 1.165) is 5.19 Å². The Labute approximate surface area is 156 Å². The highest BCUT2D eigenvalue weighted by molar-refractivity contribution is 6.75. The van der Waals surface area contributed by atoms with Crippen LogP contribution >= 0.6 is 0 Å². The monoisotopic (exact) mass is 366 g/mol. The summed E-state index contributed by atoms with van der Waals surface area (Å²) in [5.41, 5.74) is 0.135. The molecule has 0 saturated carbocycles. The zero-order chi connectivity index (χ0) is 19.4. The van der Waals surface area contributed by atoms with E-state index in [0.29, 0.717) is 19.8 Å². The minimum atomic E-state index is -3.00. The van der Waals surface area contributed by atoms with Gasteiger partial charge in [-0.25, -0.2) is 0 Å². The molecule has 0 saturated heterocycles. The zero-order valence-electron chi connectivity index (χ0n) is 17.7. The highest BCUT2D eigenvalue weighted by Crippen LogP contribution is 2.24. The maximum absolute atomic E-state index is 6.47. The summed E-state index contributed by atoms with van der Waals surface area (Å²) in [6, 6.07) is 10.2. The average molecular weight is 367 g/mol. The van der Waals surface area contributed by atoms with E-state index >= 15 is 0 Å². The van der Waals surface area contributed by atoms with E-state index in [1.165, 1.54) is 0 Å². The minimum absolute atomic E-state index is 0.0449. The number of hydrogen-bond donors (Lipinski definition) is 0. The van der Waals surface area contributed by atoms with Gasteiger partial charge in [-0.2, -0.15) is 0 Å². The normalized spacial score (nSPS) is 14.0. The lowest BCUT2D eigenvalue weighted by molar-refractivity contribution is 0.0147. The largest absolute Gasteiger partial charge is 0.537 e. The Balaban J connectivity index is 3.19. The second kappa shape index (κ2) is 8.34. The molecule has 0 aliphatic heterocycles. The molecule has 144 valence electrons. The Hall–Kier alpha value is -0.683. The van der Waals surface area contributed by atoms with Crippen LogP contribution in [0.15, 0.2) is 30.3 Å². The molecule has 1 aromatic carbocycles. The molecule has 4 heteroatoms. The predicted octanol–water partition coefficient (Wildman–Crippen LogP) is 5.02. The number of hydrogen-bond acceptors (Lipinski definition) is 3. The molecule has 25 heavy (non-hydrogen) atoms. The van der Waals surface area contributed by atoms with Crippen molar-refractivity contribution in [3.8, 4) is 0 Å². The van der Waals surface area contributed by atoms with Crippen molar-refractivity contribution in [1.82, 2.24) is 0 Å². The summed E-state index contributed by atoms with van der Waals surface area (Å²) < 4.78 is 19.4. The predicted molar refractivity (Wildman–Crippen MR) is 108 cm³/mol. The fourth-order valence-electron chi connectivity index (χ4n) is 1.95. The van der Waals surface area contributed by atoms with Crippen molar-refractivity contribution in [2.24, 2.45) is 16.2 Å². The van der Waals surface area contributed by atoms with E-state index in [1.54, 1.807) is 0 Å². The van der Waals surface area contributed by atoms with Crippen LogP contribution in [0.4, 0.5) is 0 Å². The van der Waals surface area contributed by atoms with Crippen LogP contribution in [0.25, 0.3) is 0 Å². The van der Waals surface area contributed by atoms with Crippen molar-refractivity contribution in [1.29, 1.82) is 0 Å². The van der Waals surface area contributed by atoms with Gasteiger partial charge < -0.3 is 13.3 Å². The Morgan fingerprint density at radius 2 is 0.920 bits per heavy atom. The Morgan fingerprint density at radius 1 is 0.600 bits per heavy atom. The first-order valence-corrected chi connectivity index (χ1v) is 10.9. The molecule has 1 aromatic rings. The van der Waals surface area contributed by atoms with E-state index in [2.05, 4.69) is 74.4 Å². The molecule has 0 heterocycles. The van der Waals surface area contributed by atoms with Crippen molar-refractivity contribution in [2.45, 2.75) is 62.3 Å². The summed E-state index contributed by atoms with van der Waals surface area (Å²) in [6.07, 6.45) is 0. The maximum atomic E-state index is 6.47. The highest BCUT2D eigenvalue weighted by Gasteiger charge is 2.46. The van der Waals surface area contributed by atoms with Crippen LogP contribution in [0.1, 0.15) is 62.3 Å². The summed E-state index contributed by atoms with van der Waals surface area (Å²) >= 11 is 0. The molecule has 3 nitrogen and oxygen atoms in total. The number of rotatable bonds is 7. The molecular weight excluding hydrogens is 328 g/mol. The van der Waals surface area contributed by atoms with E-state index < -0.39 is 8.80 Å². The summed E-state index contributed by atoms with van der Waals surface area (Å²) in [5.74, 6) is 0. The van der Waals surface area contributed by atoms with E-state index in [-0.39, 0.29) is 16.2 Å². The SMILES string of the molecule is CC(C)(C)CO[Si](OCC(C)(C)C)(OCC(C)(C)C)c1ccccc1. The topological polar surface area (TPSA) is 27.7 Å². The minimum Gasteiger partial charge on any atom is -0.369 e. The van der Waals surface area contributed by atoms with Crippen molar-refractivity contribution in [2.75, 3.05) is 19.8 Å². The van der Waals surface area contributed by atoms with Gasteiger partial charge in [0.05, 0.1) is 0 Å². The van der Waals surface area contributed by atoms with Crippen molar-refractivity contribution >= 4 is 14.0 Å². The van der Waals surface area contributed by atoms with Crippen LogP contribution in [-0.4, -0.2) is 28.6 Å². The fourth-order valence-corrected chi connectivity index (χ4v) is 5.17. The summed E-state index contributed by atoms with van der Waals surface area (Å²) in [6.45, 7) is 21.3. The standard InChI is InChI=1S/C21H38O3Si/c1-19(2,3)15-22-25(23-16-20(4,5)6,24-17-21(7,8)9)18-13-11-10-12-14-18/h10-14H,15-17H2,1-9H3. The van der Waals surface area contributed by atoms with Crippen molar-refractivity contribution in [3.05, 3.63) is 30.3 Å². The maximum Gasteiger partial charge on any atom is 0.537 e. The molecule has 0 N–H and O–H groups in total. The van der Waals surface area contributed by atoms with Gasteiger partial charge >= 0.3 is 8.80 Å². The molecule has 0 bridgehead atoms. The fraction of sp³-hybridized carbons (Fsp3) is 0.714. The zero-order valence-corrected chi connectivity index (χ0v) is 18.7. The van der Waals surface area contributed by atoms with E-state index in [1.807, 2.05) is 18.2 Å². The van der Waals surface area contributed by atoms with Crippen LogP contribution in [0.2, 0.25) is 0 Å². The van der Waals surface area contributed by atoms with Gasteiger partial charge in [-0.3, -0.25) is 0 Å². The van der Waals surface area contributed by atoms with Gasteiger partial charge in [0.2, 0.25) is 0 Å². The first-order chi connectivity index (χ1) is 11.2. The molecule has 0 spiro atoms. The van der Waals surface area contributed by atoms with Crippen LogP contribution in [0.5, 0.6) is 0 Å². The van der Waals surface area contributed by atoms with Crippen LogP contribution in [-0.2, 0) is 13.3 Å². The van der Waals surface area contributed by atoms with Gasteiger partial charge in [-0.1, -0.05) is 92.6 Å².